The van der Waals surface area contributed by atoms with Crippen molar-refractivity contribution in [2.45, 2.75) is 454 Å². The summed E-state index contributed by atoms with van der Waals surface area (Å²) in [6.07, 6.45) is 73.5. The van der Waals surface area contributed by atoms with E-state index < -0.39 is 0 Å². The topological polar surface area (TPSA) is 0 Å². The maximum Gasteiger partial charge on any atom is -0.0103 e. The highest BCUT2D eigenvalue weighted by molar-refractivity contribution is 5.31. The number of hydrogen-bond donors (Lipinski definition) is 0. The number of hydrogen-bond acceptors (Lipinski definition) is 0. The van der Waals surface area contributed by atoms with Crippen LogP contribution in [0.2, 0.25) is 0 Å². The summed E-state index contributed by atoms with van der Waals surface area (Å²) in [6.45, 7) is 113. The van der Waals surface area contributed by atoms with Gasteiger partial charge in [-0.05, 0) is 654 Å². The van der Waals surface area contributed by atoms with Crippen LogP contribution in [0.3, 0.4) is 0 Å². The second kappa shape index (κ2) is 53.2. The molecule has 0 amide bonds. The summed E-state index contributed by atoms with van der Waals surface area (Å²) in [7, 11) is 0. The van der Waals surface area contributed by atoms with Crippen LogP contribution in [-0.4, -0.2) is 0 Å². The molecule has 0 aromatic carbocycles. The fourth-order valence-electron chi connectivity index (χ4n) is 38.3. The lowest BCUT2D eigenvalue weighted by molar-refractivity contribution is -0.0349. The fraction of sp³-hybridized carbons (Fsp3) is 0.730. The predicted octanol–water partition coefficient (Wildman–Crippen LogP) is 45.1. The van der Waals surface area contributed by atoms with Gasteiger partial charge in [0, 0.05) is 0 Å². The molecule has 14 aliphatic carbocycles. The van der Waals surface area contributed by atoms with Gasteiger partial charge < -0.3 is 0 Å². The van der Waals surface area contributed by atoms with Crippen molar-refractivity contribution in [3.63, 3.8) is 0 Å². The molecule has 14 aliphatic rings. The van der Waals surface area contributed by atoms with E-state index in [1.54, 1.807) is 11.1 Å². The predicted molar refractivity (Wildman–Crippen MR) is 660 cm³/mol. The molecule has 0 nitrogen and oxygen atoms in total. The van der Waals surface area contributed by atoms with E-state index >= 15 is 0 Å². The van der Waals surface area contributed by atoms with Crippen molar-refractivity contribution in [1.82, 2.24) is 0 Å². The first-order chi connectivity index (χ1) is 69.0. The Kier molecular flexibility index (Phi) is 44.8. The van der Waals surface area contributed by atoms with Crippen molar-refractivity contribution in [1.29, 1.82) is 0 Å². The van der Waals surface area contributed by atoms with Crippen molar-refractivity contribution in [3.8, 4) is 0 Å². The number of fused-ring (bicyclic) bond motifs is 6. The molecule has 0 heteroatoms. The third kappa shape index (κ3) is 30.0. The highest BCUT2D eigenvalue weighted by Gasteiger charge is 2.69. The van der Waals surface area contributed by atoms with Crippen LogP contribution >= 0.6 is 0 Å². The van der Waals surface area contributed by atoms with Gasteiger partial charge in [-0.15, -0.1) is 0 Å². The molecule has 0 N–H and O–H groups in total. The summed E-state index contributed by atoms with van der Waals surface area (Å²) in [6, 6.07) is 0. The van der Waals surface area contributed by atoms with Crippen molar-refractivity contribution >= 4 is 0 Å². The van der Waals surface area contributed by atoms with Gasteiger partial charge in [-0.1, -0.05) is 274 Å². The zero-order valence-electron chi connectivity index (χ0n) is 106. The molecule has 14 saturated carbocycles. The van der Waals surface area contributed by atoms with E-state index in [2.05, 4.69) is 442 Å². The molecule has 41 atom stereocenters. The van der Waals surface area contributed by atoms with Gasteiger partial charge in [0.25, 0.3) is 0 Å². The second-order valence-electron chi connectivity index (χ2n) is 59.7. The Morgan fingerprint density at radius 1 is 0.216 bits per heavy atom. The van der Waals surface area contributed by atoms with Gasteiger partial charge in [0.1, 0.15) is 0 Å². The van der Waals surface area contributed by atoms with E-state index in [0.717, 1.165) is 189 Å². The molecule has 0 heterocycles. The smallest absolute Gasteiger partial charge is 0.0103 e. The molecule has 14 rings (SSSR count). The van der Waals surface area contributed by atoms with Crippen LogP contribution in [0.15, 0.2) is 232 Å². The normalized spacial score (nSPS) is 39.2. The lowest BCUT2D eigenvalue weighted by Crippen LogP contribution is -2.47. The minimum absolute atomic E-state index is 0.450. The molecular weight excluding hydrogens is 1780 g/mol. The Morgan fingerprint density at radius 3 is 0.804 bits per heavy atom. The summed E-state index contributed by atoms with van der Waals surface area (Å²) in [5.41, 5.74) is 34.6. The molecule has 148 heavy (non-hydrogen) atoms. The Morgan fingerprint density at radius 2 is 0.473 bits per heavy atom. The molecule has 0 spiro atoms. The van der Waals surface area contributed by atoms with Crippen LogP contribution in [0.25, 0.3) is 0 Å². The van der Waals surface area contributed by atoms with Crippen LogP contribution < -0.4 is 0 Å². The van der Waals surface area contributed by atoms with Crippen LogP contribution in [0.4, 0.5) is 0 Å². The van der Waals surface area contributed by atoms with Crippen molar-refractivity contribution in [2.75, 3.05) is 0 Å². The number of rotatable bonds is 25. The maximum absolute atomic E-state index is 2.77. The first-order valence-corrected chi connectivity index (χ1v) is 62.0. The van der Waals surface area contributed by atoms with Gasteiger partial charge in [0.05, 0.1) is 0 Å². The highest BCUT2D eigenvalue weighted by atomic mass is 14.7. The largest absolute Gasteiger partial charge is 0.0856 e. The Hall–Kier alpha value is -5.20. The van der Waals surface area contributed by atoms with Gasteiger partial charge in [-0.2, -0.15) is 0 Å². The van der Waals surface area contributed by atoms with Crippen LogP contribution in [0.5, 0.6) is 0 Å². The quantitative estimate of drug-likeness (QED) is 0.0799. The van der Waals surface area contributed by atoms with Crippen molar-refractivity contribution in [3.05, 3.63) is 232 Å². The maximum atomic E-state index is 2.77. The standard InChI is InChI=1S/3C34H54.2C23H38/c1-19(2)11-25-15-27(13-21(5)6)33-23(9)29(17-31(25)33)30-18-32-26(12-20(3)4)16-28(14-22(7)8)34(32)24(30)10;1-21(2)15-25-19-27(17-23(5)6)31-29(25)11-13-33(31,9)34(10)14-12-30-26(16-22(3)4)20-28(32(30)34)18-24(7)8;1-20(2)13-25-18-28(16-23(7)8)33-29(25)11-12-34(33,10)31-19-30-26(14-21(3)4)17-27(15-22(5)6)32(30)24(31)9;1-15(2)10-20-14-21(11-16(3)4)23(13-19(9)18(7)8)22(20)12-17(5)6;1-15(2)10-11-22-20(12-16(3)4)14-21(13-17(5)6)23(22)19(9)18(7)8/h11-14,23-34H,15-18H2,1-10H3;15-18,25-32H,11-14,19-20H2,1-10H3;13-16,24-33H,11-12,17-19H2,1-10H3;10-12,20-23H,13-14H2,1-9H3;10,12-13,20-23H,11,14H2,1-9H3/t23?,24?,25?,26?,27?,28?,29-,30?,31?,32?,33?,34?;25?,26?,27?,28?,29?,30?,31?,32?,33-,34?;24?,25?,26?,27?,28?,29?,30?,31-,32?,33?,34?;;/m010../s1. The molecule has 0 aliphatic heterocycles. The Balaban J connectivity index is 0.000000191. The van der Waals surface area contributed by atoms with Gasteiger partial charge in [0.15, 0.2) is 0 Å². The monoisotopic (exact) mass is 2020 g/mol. The van der Waals surface area contributed by atoms with Crippen molar-refractivity contribution < 1.29 is 0 Å². The fourth-order valence-corrected chi connectivity index (χ4v) is 38.3. The van der Waals surface area contributed by atoms with Gasteiger partial charge in [-0.3, -0.25) is 0 Å². The molecule has 830 valence electrons. The van der Waals surface area contributed by atoms with Gasteiger partial charge in [0.2, 0.25) is 0 Å². The van der Waals surface area contributed by atoms with E-state index in [4.69, 9.17) is 0 Å². The molecule has 0 aromatic heterocycles. The van der Waals surface area contributed by atoms with E-state index in [0.29, 0.717) is 51.8 Å². The minimum atomic E-state index is 0.450. The van der Waals surface area contributed by atoms with Crippen LogP contribution in [0.1, 0.15) is 454 Å². The zero-order valence-corrected chi connectivity index (χ0v) is 106. The van der Waals surface area contributed by atoms with Crippen molar-refractivity contribution in [2.24, 2.45) is 241 Å². The zero-order chi connectivity index (χ0) is 110. The highest BCUT2D eigenvalue weighted by Crippen LogP contribution is 2.76. The molecule has 0 radical (unpaired) electrons. The Labute approximate surface area is 921 Å². The molecule has 0 saturated heterocycles. The van der Waals surface area contributed by atoms with E-state index in [-0.39, 0.29) is 0 Å². The van der Waals surface area contributed by atoms with E-state index in [9.17, 15) is 0 Å². The molecule has 0 bridgehead atoms. The third-order valence-corrected chi connectivity index (χ3v) is 42.5. The summed E-state index contributed by atoms with van der Waals surface area (Å²) in [5, 5.41) is 0. The first kappa shape index (κ1) is 125. The third-order valence-electron chi connectivity index (χ3n) is 42.5. The SMILES string of the molecule is CC(C)=CC1CC(C=C(C)C)C(CC(C)=C(C)C)C1C=C(C)C.CC(C)=CC1CC(C=C(C)C)C2C(C)C([C@H]3CC4C(C=C(C)C)CC(C=C(C)C)C4C3C)CC12.CC(C)=CC1CC(C=C(C)C)C2C1CCC2(C)[C@]1(C)CCC2C(C=C(C)C)CC(C=C(C)C)C21.CC(C)=CC1CC(C=C(C)C)C2C1C[C@H](C1(C)CCC3C(C=C(C)C)CC(C=C(C)C)C31)C2C.CC(C)=CCC1C(C=C(C)C)CC(C=C(C)C)C1C(C)=C(C)C. The molecular formula is C148H238. The molecule has 38 unspecified atom stereocenters. The molecule has 14 fully saturated rings. The lowest BCUT2D eigenvalue weighted by Gasteiger charge is -2.52. The molecule has 0 aromatic rings. The minimum Gasteiger partial charge on any atom is -0.0856 e. The van der Waals surface area contributed by atoms with E-state index in [1.807, 2.05) is 0 Å². The van der Waals surface area contributed by atoms with Gasteiger partial charge >= 0.3 is 0 Å². The summed E-state index contributed by atoms with van der Waals surface area (Å²) >= 11 is 0. The lowest BCUT2D eigenvalue weighted by atomic mass is 9.52. The summed E-state index contributed by atoms with van der Waals surface area (Å²) < 4.78 is 0. The van der Waals surface area contributed by atoms with Gasteiger partial charge in [-0.25, -0.2) is 0 Å². The Bertz CT molecular complexity index is 4850. The van der Waals surface area contributed by atoms with Crippen LogP contribution in [-0.2, 0) is 0 Å². The average molecular weight is 2020 g/mol. The van der Waals surface area contributed by atoms with E-state index in [1.165, 1.54) is 233 Å². The summed E-state index contributed by atoms with van der Waals surface area (Å²) in [4.78, 5) is 0. The average Bonchev–Trinajstić information content (AvgIpc) is 1.52. The second-order valence-corrected chi connectivity index (χ2v) is 59.7. The van der Waals surface area contributed by atoms with Crippen LogP contribution in [0, 0.1) is 241 Å². The number of allylic oxidation sites excluding steroid dienone is 40. The summed E-state index contributed by atoms with van der Waals surface area (Å²) in [5.74, 6) is 31.0. The first-order valence-electron chi connectivity index (χ1n) is 62.0.